The molecule has 1 aliphatic rings. The summed E-state index contributed by atoms with van der Waals surface area (Å²) in [6.45, 7) is 0. The Bertz CT molecular complexity index is 232. The van der Waals surface area contributed by atoms with Crippen LogP contribution < -0.4 is 34.4 Å². The van der Waals surface area contributed by atoms with Gasteiger partial charge in [0.05, 0.1) is 12.1 Å². The summed E-state index contributed by atoms with van der Waals surface area (Å²) in [5, 5.41) is 0. The third-order valence-corrected chi connectivity index (χ3v) is 2.58. The van der Waals surface area contributed by atoms with Gasteiger partial charge in [0.2, 0.25) is 0 Å². The Hall–Kier alpha value is -0.680. The Balaban J connectivity index is 2.94. The van der Waals surface area contributed by atoms with E-state index < -0.39 is 36.3 Å². The van der Waals surface area contributed by atoms with Gasteiger partial charge in [0, 0.05) is 24.2 Å². The van der Waals surface area contributed by atoms with E-state index in [2.05, 4.69) is 11.8 Å². The summed E-state index contributed by atoms with van der Waals surface area (Å²) >= 11 is 0. The molecule has 0 aromatic carbocycles. The molecule has 0 spiro atoms. The average molecular weight is 198 g/mol. The zero-order valence-electron chi connectivity index (χ0n) is 7.93. The van der Waals surface area contributed by atoms with Gasteiger partial charge in [-0.25, -0.2) is 0 Å². The molecule has 1 aliphatic carbocycles. The fraction of sp³-hybridized carbons (Fsp3) is 0.750. The van der Waals surface area contributed by atoms with E-state index in [1.54, 1.807) is 0 Å². The molecule has 80 valence electrons. The molecular weight excluding hydrogens is 180 g/mol. The van der Waals surface area contributed by atoms with Gasteiger partial charge in [-0.1, -0.05) is 11.8 Å². The van der Waals surface area contributed by atoms with Gasteiger partial charge in [0.15, 0.2) is 0 Å². The third kappa shape index (κ3) is 2.04. The highest BCUT2D eigenvalue weighted by molar-refractivity contribution is 5.22. The van der Waals surface area contributed by atoms with Crippen molar-refractivity contribution in [3.05, 3.63) is 0 Å². The van der Waals surface area contributed by atoms with Crippen molar-refractivity contribution in [2.24, 2.45) is 34.4 Å². The number of hydrogen-bond acceptors (Lipinski definition) is 6. The summed E-state index contributed by atoms with van der Waals surface area (Å²) in [6, 6.07) is -2.93. The second-order valence-corrected chi connectivity index (χ2v) is 3.65. The molecule has 0 amide bonds. The number of hydrogen-bond donors (Lipinski definition) is 6. The lowest BCUT2D eigenvalue weighted by atomic mass is 9.87. The summed E-state index contributed by atoms with van der Waals surface area (Å²) in [7, 11) is 0. The van der Waals surface area contributed by atoms with E-state index in [4.69, 9.17) is 34.4 Å². The van der Waals surface area contributed by atoms with Crippen molar-refractivity contribution in [3.8, 4) is 11.8 Å². The lowest BCUT2D eigenvalue weighted by molar-refractivity contribution is 0.361. The van der Waals surface area contributed by atoms with Crippen LogP contribution in [0.4, 0.5) is 0 Å². The topological polar surface area (TPSA) is 156 Å². The minimum Gasteiger partial charge on any atom is -0.325 e. The molecule has 6 nitrogen and oxygen atoms in total. The maximum absolute atomic E-state index is 5.80. The molecule has 12 N–H and O–H groups in total. The van der Waals surface area contributed by atoms with E-state index in [0.717, 1.165) is 0 Å². The zero-order valence-corrected chi connectivity index (χ0v) is 7.93. The van der Waals surface area contributed by atoms with Crippen LogP contribution >= 0.6 is 0 Å². The van der Waals surface area contributed by atoms with Crippen LogP contribution in [0, 0.1) is 11.8 Å². The highest BCUT2D eigenvalue weighted by Gasteiger charge is 2.32. The van der Waals surface area contributed by atoms with Gasteiger partial charge in [-0.15, -0.1) is 0 Å². The summed E-state index contributed by atoms with van der Waals surface area (Å²) in [5.41, 5.74) is 34.5. The largest absolute Gasteiger partial charge is 0.325 e. The molecular formula is C8H18N6. The van der Waals surface area contributed by atoms with Gasteiger partial charge in [0.25, 0.3) is 0 Å². The molecule has 0 saturated heterocycles. The van der Waals surface area contributed by atoms with Gasteiger partial charge in [0.1, 0.15) is 0 Å². The van der Waals surface area contributed by atoms with Crippen molar-refractivity contribution < 1.29 is 0 Å². The lowest BCUT2D eigenvalue weighted by Crippen LogP contribution is -2.68. The molecule has 0 bridgehead atoms. The summed E-state index contributed by atoms with van der Waals surface area (Å²) in [4.78, 5) is 0. The fourth-order valence-electron chi connectivity index (χ4n) is 1.38. The first-order valence-corrected chi connectivity index (χ1v) is 4.49. The fourth-order valence-corrected chi connectivity index (χ4v) is 1.38. The Morgan fingerprint density at radius 2 is 0.786 bits per heavy atom. The molecule has 6 heteroatoms. The van der Waals surface area contributed by atoms with E-state index in [1.165, 1.54) is 0 Å². The van der Waals surface area contributed by atoms with Crippen LogP contribution in [-0.2, 0) is 0 Å². The van der Waals surface area contributed by atoms with Crippen LogP contribution in [0.1, 0.15) is 0 Å². The lowest BCUT2D eigenvalue weighted by Gasteiger charge is -2.34. The normalized spacial score (nSPS) is 48.7. The molecule has 1 rings (SSSR count). The maximum atomic E-state index is 5.80. The molecule has 0 saturated carbocycles. The second-order valence-electron chi connectivity index (χ2n) is 3.65. The number of nitrogens with two attached hydrogens (primary N) is 6. The van der Waals surface area contributed by atoms with E-state index >= 15 is 0 Å². The standard InChI is InChI=1S/C8H18N6/c9-3-1-2-4(10)6(12)8(14)7(13)5(3)11/h3-8H,9-14H2. The van der Waals surface area contributed by atoms with E-state index in [-0.39, 0.29) is 0 Å². The highest BCUT2D eigenvalue weighted by Crippen LogP contribution is 2.04. The van der Waals surface area contributed by atoms with Crippen LogP contribution in [0.5, 0.6) is 0 Å². The van der Waals surface area contributed by atoms with Crippen molar-refractivity contribution in [3.63, 3.8) is 0 Å². The van der Waals surface area contributed by atoms with Crippen molar-refractivity contribution in [2.45, 2.75) is 36.3 Å². The maximum Gasteiger partial charge on any atom is 0.0834 e. The molecule has 0 aromatic heterocycles. The van der Waals surface area contributed by atoms with E-state index in [1.807, 2.05) is 0 Å². The molecule has 0 radical (unpaired) electrons. The number of rotatable bonds is 0. The quantitative estimate of drug-likeness (QED) is 0.218. The van der Waals surface area contributed by atoms with E-state index in [9.17, 15) is 0 Å². The molecule has 14 heavy (non-hydrogen) atoms. The van der Waals surface area contributed by atoms with Gasteiger partial charge >= 0.3 is 0 Å². The van der Waals surface area contributed by atoms with Gasteiger partial charge < -0.3 is 34.4 Å². The van der Waals surface area contributed by atoms with Crippen molar-refractivity contribution in [1.29, 1.82) is 0 Å². The Kier molecular flexibility index (Phi) is 3.44. The van der Waals surface area contributed by atoms with Crippen LogP contribution in [0.3, 0.4) is 0 Å². The monoisotopic (exact) mass is 198 g/mol. The molecule has 0 aliphatic heterocycles. The summed E-state index contributed by atoms with van der Waals surface area (Å²) in [6.07, 6.45) is 0. The van der Waals surface area contributed by atoms with Crippen LogP contribution in [-0.4, -0.2) is 36.3 Å². The van der Waals surface area contributed by atoms with Gasteiger partial charge in [-0.3, -0.25) is 0 Å². The molecule has 0 aromatic rings. The highest BCUT2D eigenvalue weighted by atomic mass is 15.0. The predicted molar refractivity (Wildman–Crippen MR) is 55.6 cm³/mol. The van der Waals surface area contributed by atoms with E-state index in [0.29, 0.717) is 0 Å². The molecule has 0 fully saturated rings. The first-order valence-electron chi connectivity index (χ1n) is 4.49. The zero-order chi connectivity index (χ0) is 10.9. The predicted octanol–water partition coefficient (Wildman–Crippen LogP) is -4.03. The van der Waals surface area contributed by atoms with Crippen LogP contribution in [0.15, 0.2) is 0 Å². The van der Waals surface area contributed by atoms with Gasteiger partial charge in [-0.05, 0) is 0 Å². The summed E-state index contributed by atoms with van der Waals surface area (Å²) in [5.74, 6) is 5.46. The van der Waals surface area contributed by atoms with Gasteiger partial charge in [-0.2, -0.15) is 0 Å². The SMILES string of the molecule is NC1C#CC(N)C(N)C(N)C(N)C1N. The molecule has 0 heterocycles. The van der Waals surface area contributed by atoms with Crippen LogP contribution in [0.25, 0.3) is 0 Å². The Labute approximate surface area is 83.3 Å². The van der Waals surface area contributed by atoms with Crippen LogP contribution in [0.2, 0.25) is 0 Å². The Morgan fingerprint density at radius 3 is 1.07 bits per heavy atom. The summed E-state index contributed by atoms with van der Waals surface area (Å²) < 4.78 is 0. The minimum absolute atomic E-state index is 0.476. The average Bonchev–Trinajstić information content (AvgIpc) is 2.19. The first-order chi connectivity index (χ1) is 6.45. The van der Waals surface area contributed by atoms with Crippen molar-refractivity contribution >= 4 is 0 Å². The Morgan fingerprint density at radius 1 is 0.500 bits per heavy atom. The van der Waals surface area contributed by atoms with Crippen molar-refractivity contribution in [1.82, 2.24) is 0 Å². The minimum atomic E-state index is -0.505. The second kappa shape index (κ2) is 4.23. The smallest absolute Gasteiger partial charge is 0.0834 e. The molecule has 6 unspecified atom stereocenters. The first kappa shape index (κ1) is 11.4. The third-order valence-electron chi connectivity index (χ3n) is 2.58. The molecule has 6 atom stereocenters. The van der Waals surface area contributed by atoms with Crippen molar-refractivity contribution in [2.75, 3.05) is 0 Å².